The van der Waals surface area contributed by atoms with Crippen LogP contribution in [-0.4, -0.2) is 46.7 Å². The molecule has 3 heterocycles. The van der Waals surface area contributed by atoms with Gasteiger partial charge in [0, 0.05) is 29.5 Å². The van der Waals surface area contributed by atoms with Crippen molar-refractivity contribution in [3.63, 3.8) is 0 Å². The lowest BCUT2D eigenvalue weighted by Gasteiger charge is -2.15. The number of carbonyl (C=O) groups excluding carboxylic acids is 2. The lowest BCUT2D eigenvalue weighted by Crippen LogP contribution is -2.21. The zero-order valence-corrected chi connectivity index (χ0v) is 16.8. The minimum atomic E-state index is -4.75. The van der Waals surface area contributed by atoms with Gasteiger partial charge in [-0.05, 0) is 12.5 Å². The molecule has 3 N–H and O–H groups in total. The number of pyridine rings is 2. The van der Waals surface area contributed by atoms with Crippen LogP contribution in [0, 0.1) is 5.92 Å². The first-order chi connectivity index (χ1) is 16.8. The zero-order chi connectivity index (χ0) is 26.4. The molecule has 0 unspecified atom stereocenters. The number of carbonyl (C=O) groups is 2. The molecule has 2 atom stereocenters. The van der Waals surface area contributed by atoms with Crippen LogP contribution in [0.4, 0.5) is 34.8 Å². The largest absolute Gasteiger partial charge is 0.494 e. The summed E-state index contributed by atoms with van der Waals surface area (Å²) in [6, 6.07) is 1.94. The number of hydrogen-bond acceptors (Lipinski definition) is 6. The Kier molecular flexibility index (Phi) is 4.65. The Bertz CT molecular complexity index is 1340. The molecule has 1 aliphatic rings. The van der Waals surface area contributed by atoms with Gasteiger partial charge in [-0.15, -0.1) is 0 Å². The molecule has 13 heteroatoms. The Morgan fingerprint density at radius 1 is 1.30 bits per heavy atom. The molecule has 0 saturated heterocycles. The predicted molar refractivity (Wildman–Crippen MR) is 109 cm³/mol. The summed E-state index contributed by atoms with van der Waals surface area (Å²) < 4.78 is 81.7. The lowest BCUT2D eigenvalue weighted by molar-refractivity contribution is -0.138. The monoisotopic (exact) mass is 469 g/mol. The molecule has 1 aliphatic carbocycles. The van der Waals surface area contributed by atoms with Crippen LogP contribution in [0.15, 0.2) is 30.7 Å². The van der Waals surface area contributed by atoms with Crippen molar-refractivity contribution in [3.05, 3.63) is 41.9 Å². The average Bonchev–Trinajstić information content (AvgIpc) is 3.37. The summed E-state index contributed by atoms with van der Waals surface area (Å²) in [5, 5.41) is 10.9. The molecule has 0 aliphatic heterocycles. The van der Waals surface area contributed by atoms with Gasteiger partial charge in [0.25, 0.3) is 5.91 Å². The summed E-state index contributed by atoms with van der Waals surface area (Å²) in [5.41, 5.74) is -1.66. The van der Waals surface area contributed by atoms with Crippen LogP contribution in [0.2, 0.25) is 0 Å². The predicted octanol–water partition coefficient (Wildman–Crippen LogP) is 3.16. The molecule has 3 aromatic heterocycles. The number of alkyl halides is 4. The number of halogens is 4. The molecule has 4 rings (SSSR count). The summed E-state index contributed by atoms with van der Waals surface area (Å²) in [7, 11) is 1.05. The highest BCUT2D eigenvalue weighted by Crippen LogP contribution is 2.41. The Morgan fingerprint density at radius 3 is 2.70 bits per heavy atom. The van der Waals surface area contributed by atoms with E-state index >= 15 is 0 Å². The molecule has 9 nitrogen and oxygen atoms in total. The maximum atomic E-state index is 13.5. The first-order valence-corrected chi connectivity index (χ1v) is 9.44. The van der Waals surface area contributed by atoms with Crippen molar-refractivity contribution < 1.29 is 36.0 Å². The Hall–Kier alpha value is -3.90. The summed E-state index contributed by atoms with van der Waals surface area (Å²) in [5.74, 6) is -3.22. The summed E-state index contributed by atoms with van der Waals surface area (Å²) in [4.78, 5) is 28.6. The van der Waals surface area contributed by atoms with Crippen molar-refractivity contribution in [1.29, 1.82) is 0 Å². The molecule has 0 bridgehead atoms. The van der Waals surface area contributed by atoms with Crippen LogP contribution in [0.1, 0.15) is 26.5 Å². The third-order valence-corrected chi connectivity index (χ3v) is 4.98. The molecule has 0 spiro atoms. The minimum Gasteiger partial charge on any atom is -0.494 e. The Morgan fingerprint density at radius 2 is 2.06 bits per heavy atom. The highest BCUT2D eigenvalue weighted by molar-refractivity contribution is 6.02. The number of aromatic nitrogens is 3. The molecule has 0 aromatic carbocycles. The Balaban J connectivity index is 1.77. The van der Waals surface area contributed by atoms with Gasteiger partial charge < -0.3 is 20.7 Å². The quantitative estimate of drug-likeness (QED) is 0.479. The van der Waals surface area contributed by atoms with Gasteiger partial charge in [-0.1, -0.05) is 0 Å². The first kappa shape index (κ1) is 18.7. The van der Waals surface area contributed by atoms with Gasteiger partial charge in [-0.2, -0.15) is 18.3 Å². The van der Waals surface area contributed by atoms with E-state index in [4.69, 9.17) is 8.85 Å². The smallest absolute Gasteiger partial charge is 0.420 e. The second-order valence-electron chi connectivity index (χ2n) is 7.15. The SMILES string of the molecule is [2H]C([2H])([2H])NC(=O)c1cnc(NC(=O)[C@@H]2C[C@@H]2F)cc1Nc1cnn2ccc(C(F)(F)F)c(OC)c12. The fourth-order valence-corrected chi connectivity index (χ4v) is 3.25. The van der Waals surface area contributed by atoms with Gasteiger partial charge in [0.15, 0.2) is 5.75 Å². The fraction of sp³-hybridized carbons (Fsp3) is 0.300. The second kappa shape index (κ2) is 8.22. The van der Waals surface area contributed by atoms with Crippen LogP contribution in [-0.2, 0) is 11.0 Å². The number of anilines is 3. The number of ether oxygens (including phenoxy) is 1. The van der Waals surface area contributed by atoms with Gasteiger partial charge in [0.05, 0.1) is 36.2 Å². The van der Waals surface area contributed by atoms with Gasteiger partial charge in [-0.3, -0.25) is 9.59 Å². The van der Waals surface area contributed by atoms with Crippen LogP contribution in [0.25, 0.3) is 5.52 Å². The third-order valence-electron chi connectivity index (χ3n) is 4.98. The van der Waals surface area contributed by atoms with Crippen molar-refractivity contribution >= 4 is 34.5 Å². The number of nitrogens with one attached hydrogen (secondary N) is 3. The van der Waals surface area contributed by atoms with Crippen molar-refractivity contribution in [2.75, 3.05) is 24.7 Å². The number of hydrogen-bond donors (Lipinski definition) is 3. The van der Waals surface area contributed by atoms with E-state index < -0.39 is 48.4 Å². The summed E-state index contributed by atoms with van der Waals surface area (Å²) in [6.07, 6.45) is -2.77. The molecule has 1 saturated carbocycles. The Labute approximate surface area is 188 Å². The highest BCUT2D eigenvalue weighted by atomic mass is 19.4. The third kappa shape index (κ3) is 4.25. The fourth-order valence-electron chi connectivity index (χ4n) is 3.25. The normalized spacial score (nSPS) is 19.2. The van der Waals surface area contributed by atoms with Crippen molar-refractivity contribution in [1.82, 2.24) is 19.9 Å². The first-order valence-electron chi connectivity index (χ1n) is 10.9. The molecule has 0 radical (unpaired) electrons. The molecule has 2 amide bonds. The highest BCUT2D eigenvalue weighted by Gasteiger charge is 2.43. The van der Waals surface area contributed by atoms with E-state index in [2.05, 4.69) is 20.7 Å². The van der Waals surface area contributed by atoms with Gasteiger partial charge in [-0.25, -0.2) is 13.9 Å². The molecular formula is C20H18F4N6O3. The average molecular weight is 469 g/mol. The second-order valence-corrected chi connectivity index (χ2v) is 7.15. The van der Waals surface area contributed by atoms with E-state index in [1.165, 1.54) is 6.20 Å². The van der Waals surface area contributed by atoms with Crippen LogP contribution < -0.4 is 20.7 Å². The van der Waals surface area contributed by atoms with Crippen LogP contribution in [0.5, 0.6) is 5.75 Å². The van der Waals surface area contributed by atoms with E-state index in [1.54, 1.807) is 5.32 Å². The number of nitrogens with zero attached hydrogens (tertiary/aromatic N) is 3. The van der Waals surface area contributed by atoms with Crippen LogP contribution >= 0.6 is 0 Å². The zero-order valence-electron chi connectivity index (χ0n) is 19.8. The minimum absolute atomic E-state index is 0.0321. The van der Waals surface area contributed by atoms with Crippen molar-refractivity contribution in [2.45, 2.75) is 18.8 Å². The van der Waals surface area contributed by atoms with E-state index in [0.29, 0.717) is 0 Å². The molecule has 174 valence electrons. The molecular weight excluding hydrogens is 448 g/mol. The molecule has 1 fully saturated rings. The number of methoxy groups -OCH3 is 1. The summed E-state index contributed by atoms with van der Waals surface area (Å²) in [6.45, 7) is -2.85. The van der Waals surface area contributed by atoms with E-state index in [-0.39, 0.29) is 34.7 Å². The van der Waals surface area contributed by atoms with Gasteiger partial charge in [0.2, 0.25) is 5.91 Å². The van der Waals surface area contributed by atoms with Crippen molar-refractivity contribution in [2.24, 2.45) is 5.92 Å². The maximum Gasteiger partial charge on any atom is 0.420 e. The van der Waals surface area contributed by atoms with Crippen molar-refractivity contribution in [3.8, 4) is 5.75 Å². The number of amides is 2. The van der Waals surface area contributed by atoms with Gasteiger partial charge >= 0.3 is 6.18 Å². The van der Waals surface area contributed by atoms with Crippen LogP contribution in [0.3, 0.4) is 0 Å². The van der Waals surface area contributed by atoms with E-state index in [0.717, 1.165) is 36.2 Å². The molecule has 33 heavy (non-hydrogen) atoms. The maximum absolute atomic E-state index is 13.5. The van der Waals surface area contributed by atoms with E-state index in [9.17, 15) is 27.2 Å². The van der Waals surface area contributed by atoms with E-state index in [1.807, 2.05) is 0 Å². The topological polar surface area (TPSA) is 110 Å². The number of rotatable bonds is 6. The standard InChI is InChI=1S/C20H18F4N6O3/c1-25-18(31)10-7-26-15(29-19(32)9-5-12(9)21)6-13(10)28-14-8-27-30-4-3-11(20(22,23)24)17(33-2)16(14)30/h3-4,6-9,12H,5H2,1-2H3,(H,25,31)(H2,26,28,29,32)/t9-,12+/m1/s1/i1D3. The summed E-state index contributed by atoms with van der Waals surface area (Å²) >= 11 is 0. The number of fused-ring (bicyclic) bond motifs is 1. The van der Waals surface area contributed by atoms with Gasteiger partial charge in [0.1, 0.15) is 23.1 Å². The lowest BCUT2D eigenvalue weighted by atomic mass is 10.1. The molecule has 3 aromatic rings.